The average molecular weight is 213 g/mol. The summed E-state index contributed by atoms with van der Waals surface area (Å²) in [5, 5.41) is 8.81. The molecule has 0 atom stereocenters. The van der Waals surface area contributed by atoms with Crippen LogP contribution < -0.4 is 0 Å². The Balaban J connectivity index is 2.27. The topological polar surface area (TPSA) is 43.9 Å². The van der Waals surface area contributed by atoms with Crippen molar-refractivity contribution in [3.63, 3.8) is 0 Å². The Bertz CT molecular complexity index is 638. The molecule has 0 saturated heterocycles. The Hall–Kier alpha value is -2.10. The van der Waals surface area contributed by atoms with Crippen molar-refractivity contribution in [3.8, 4) is 11.5 Å². The van der Waals surface area contributed by atoms with Gasteiger partial charge in [0.05, 0.1) is 0 Å². The van der Waals surface area contributed by atoms with Crippen LogP contribution in [0.2, 0.25) is 0 Å². The van der Waals surface area contributed by atoms with E-state index in [9.17, 15) is 0 Å². The zero-order chi connectivity index (χ0) is 11.1. The molecule has 0 saturated carbocycles. The summed E-state index contributed by atoms with van der Waals surface area (Å²) in [7, 11) is 2.04. The molecule has 0 radical (unpaired) electrons. The van der Waals surface area contributed by atoms with Crippen molar-refractivity contribution in [1.82, 2.24) is 14.8 Å². The number of hydrogen-bond acceptors (Lipinski definition) is 3. The first-order chi connectivity index (χ1) is 7.75. The van der Waals surface area contributed by atoms with Crippen LogP contribution in [-0.2, 0) is 7.05 Å². The molecule has 3 rings (SSSR count). The third kappa shape index (κ3) is 1.23. The van der Waals surface area contributed by atoms with Gasteiger partial charge in [-0.3, -0.25) is 0 Å². The minimum atomic E-state index is 0.560. The lowest BCUT2D eigenvalue weighted by molar-refractivity contribution is 0.569. The van der Waals surface area contributed by atoms with Crippen molar-refractivity contribution in [2.75, 3.05) is 0 Å². The molecule has 0 amide bonds. The highest BCUT2D eigenvalue weighted by Gasteiger charge is 2.07. The number of nitrogens with zero attached hydrogens (tertiary/aromatic N) is 3. The first kappa shape index (κ1) is 9.15. The molecule has 1 aromatic carbocycles. The Kier molecular flexibility index (Phi) is 1.83. The van der Waals surface area contributed by atoms with Gasteiger partial charge in [0.15, 0.2) is 0 Å². The van der Waals surface area contributed by atoms with Crippen LogP contribution in [-0.4, -0.2) is 14.8 Å². The van der Waals surface area contributed by atoms with Crippen molar-refractivity contribution >= 4 is 10.9 Å². The maximum absolute atomic E-state index is 5.19. The lowest BCUT2D eigenvalue weighted by Crippen LogP contribution is -1.84. The standard InChI is InChI=1S/C12H11N3O/c1-8-6-15(2)11-4-3-9(5-10(8)11)12-14-13-7-16-12/h3-7H,1-2H3. The minimum absolute atomic E-state index is 0.560. The average Bonchev–Trinajstić information content (AvgIpc) is 2.88. The molecule has 2 heterocycles. The summed E-state index contributed by atoms with van der Waals surface area (Å²) in [4.78, 5) is 0. The van der Waals surface area contributed by atoms with E-state index in [1.807, 2.05) is 13.1 Å². The number of aromatic nitrogens is 3. The van der Waals surface area contributed by atoms with Gasteiger partial charge in [-0.15, -0.1) is 10.2 Å². The van der Waals surface area contributed by atoms with Gasteiger partial charge in [0.25, 0.3) is 0 Å². The van der Waals surface area contributed by atoms with Gasteiger partial charge < -0.3 is 8.98 Å². The fourth-order valence-electron chi connectivity index (χ4n) is 2.02. The molecule has 0 bridgehead atoms. The SMILES string of the molecule is Cc1cn(C)c2ccc(-c3nnco3)cc12. The van der Waals surface area contributed by atoms with E-state index in [1.54, 1.807) is 0 Å². The molecular weight excluding hydrogens is 202 g/mol. The quantitative estimate of drug-likeness (QED) is 0.624. The number of rotatable bonds is 1. The van der Waals surface area contributed by atoms with Crippen molar-refractivity contribution in [2.24, 2.45) is 7.05 Å². The molecule has 0 N–H and O–H groups in total. The van der Waals surface area contributed by atoms with Gasteiger partial charge in [-0.05, 0) is 30.7 Å². The van der Waals surface area contributed by atoms with Gasteiger partial charge in [0.2, 0.25) is 12.3 Å². The molecule has 0 spiro atoms. The Morgan fingerprint density at radius 3 is 2.94 bits per heavy atom. The molecule has 80 valence electrons. The highest BCUT2D eigenvalue weighted by molar-refractivity contribution is 5.87. The lowest BCUT2D eigenvalue weighted by atomic mass is 10.1. The summed E-state index contributed by atoms with van der Waals surface area (Å²) in [5.74, 6) is 0.560. The summed E-state index contributed by atoms with van der Waals surface area (Å²) in [6, 6.07) is 6.15. The molecule has 0 unspecified atom stereocenters. The highest BCUT2D eigenvalue weighted by atomic mass is 16.4. The van der Waals surface area contributed by atoms with Gasteiger partial charge in [0, 0.05) is 29.7 Å². The summed E-state index contributed by atoms with van der Waals surface area (Å²) >= 11 is 0. The zero-order valence-electron chi connectivity index (χ0n) is 9.14. The number of aryl methyl sites for hydroxylation is 2. The molecular formula is C12H11N3O. The van der Waals surface area contributed by atoms with E-state index < -0.39 is 0 Å². The number of benzene rings is 1. The third-order valence-corrected chi connectivity index (χ3v) is 2.80. The summed E-state index contributed by atoms with van der Waals surface area (Å²) < 4.78 is 7.30. The largest absolute Gasteiger partial charge is 0.423 e. The molecule has 0 aliphatic carbocycles. The zero-order valence-corrected chi connectivity index (χ0v) is 9.14. The fraction of sp³-hybridized carbons (Fsp3) is 0.167. The van der Waals surface area contributed by atoms with E-state index >= 15 is 0 Å². The summed E-state index contributed by atoms with van der Waals surface area (Å²) in [6.07, 6.45) is 3.46. The molecule has 4 heteroatoms. The van der Waals surface area contributed by atoms with Crippen molar-refractivity contribution < 1.29 is 4.42 Å². The second-order valence-corrected chi connectivity index (χ2v) is 3.90. The van der Waals surface area contributed by atoms with Crippen molar-refractivity contribution in [2.45, 2.75) is 6.92 Å². The van der Waals surface area contributed by atoms with Crippen LogP contribution in [0.4, 0.5) is 0 Å². The van der Waals surface area contributed by atoms with Crippen LogP contribution in [0.3, 0.4) is 0 Å². The maximum atomic E-state index is 5.19. The van der Waals surface area contributed by atoms with Crippen LogP contribution >= 0.6 is 0 Å². The molecule has 3 aromatic rings. The van der Waals surface area contributed by atoms with Crippen LogP contribution in [0.5, 0.6) is 0 Å². The van der Waals surface area contributed by atoms with Gasteiger partial charge in [-0.25, -0.2) is 0 Å². The predicted octanol–water partition coefficient (Wildman–Crippen LogP) is 2.54. The fourth-order valence-corrected chi connectivity index (χ4v) is 2.02. The Morgan fingerprint density at radius 1 is 1.31 bits per heavy atom. The van der Waals surface area contributed by atoms with Gasteiger partial charge >= 0.3 is 0 Å². The van der Waals surface area contributed by atoms with Crippen LogP contribution in [0.15, 0.2) is 35.2 Å². The van der Waals surface area contributed by atoms with E-state index in [-0.39, 0.29) is 0 Å². The summed E-state index contributed by atoms with van der Waals surface area (Å²) in [6.45, 7) is 2.10. The molecule has 2 aromatic heterocycles. The van der Waals surface area contributed by atoms with E-state index in [0.29, 0.717) is 5.89 Å². The first-order valence-corrected chi connectivity index (χ1v) is 5.08. The van der Waals surface area contributed by atoms with E-state index in [4.69, 9.17) is 4.42 Å². The van der Waals surface area contributed by atoms with Crippen LogP contribution in [0, 0.1) is 6.92 Å². The van der Waals surface area contributed by atoms with Crippen molar-refractivity contribution in [3.05, 3.63) is 36.4 Å². The predicted molar refractivity (Wildman–Crippen MR) is 60.9 cm³/mol. The highest BCUT2D eigenvalue weighted by Crippen LogP contribution is 2.25. The van der Waals surface area contributed by atoms with E-state index in [2.05, 4.69) is 40.0 Å². The van der Waals surface area contributed by atoms with E-state index in [0.717, 1.165) is 5.56 Å². The van der Waals surface area contributed by atoms with Gasteiger partial charge in [0.1, 0.15) is 0 Å². The second kappa shape index (κ2) is 3.20. The number of hydrogen-bond donors (Lipinski definition) is 0. The lowest BCUT2D eigenvalue weighted by Gasteiger charge is -1.98. The smallest absolute Gasteiger partial charge is 0.247 e. The monoisotopic (exact) mass is 213 g/mol. The molecule has 16 heavy (non-hydrogen) atoms. The van der Waals surface area contributed by atoms with Gasteiger partial charge in [-0.2, -0.15) is 0 Å². The van der Waals surface area contributed by atoms with Gasteiger partial charge in [-0.1, -0.05) is 0 Å². The Morgan fingerprint density at radius 2 is 2.19 bits per heavy atom. The first-order valence-electron chi connectivity index (χ1n) is 5.08. The molecule has 0 aliphatic heterocycles. The molecule has 4 nitrogen and oxygen atoms in total. The normalized spacial score (nSPS) is 11.1. The van der Waals surface area contributed by atoms with Crippen LogP contribution in [0.1, 0.15) is 5.56 Å². The third-order valence-electron chi connectivity index (χ3n) is 2.80. The molecule has 0 fully saturated rings. The van der Waals surface area contributed by atoms with Crippen LogP contribution in [0.25, 0.3) is 22.4 Å². The second-order valence-electron chi connectivity index (χ2n) is 3.90. The Labute approximate surface area is 92.5 Å². The maximum Gasteiger partial charge on any atom is 0.247 e. The van der Waals surface area contributed by atoms with E-state index in [1.165, 1.54) is 22.9 Å². The minimum Gasteiger partial charge on any atom is -0.423 e. The van der Waals surface area contributed by atoms with Crippen molar-refractivity contribution in [1.29, 1.82) is 0 Å². The molecule has 0 aliphatic rings. The number of fused-ring (bicyclic) bond motifs is 1. The summed E-state index contributed by atoms with van der Waals surface area (Å²) in [5.41, 5.74) is 3.42.